The molecule has 1 aromatic heterocycles. The molecule has 0 radical (unpaired) electrons. The maximum Gasteiger partial charge on any atom is 0.407 e. The topological polar surface area (TPSA) is 195 Å². The molecule has 2 aromatic rings. The number of ether oxygens (including phenoxy) is 1. The summed E-state index contributed by atoms with van der Waals surface area (Å²) in [6.45, 7) is 7.55. The number of hydrogen-bond donors (Lipinski definition) is 3. The molecule has 15 nitrogen and oxygen atoms in total. The highest BCUT2D eigenvalue weighted by Crippen LogP contribution is 2.47. The first-order valence-corrected chi connectivity index (χ1v) is 18.8. The van der Waals surface area contributed by atoms with Gasteiger partial charge in [0.1, 0.15) is 17.6 Å². The van der Waals surface area contributed by atoms with Crippen molar-refractivity contribution in [1.29, 1.82) is 0 Å². The summed E-state index contributed by atoms with van der Waals surface area (Å²) in [5.41, 5.74) is -0.345. The Morgan fingerprint density at radius 3 is 2.61 bits per heavy atom. The number of carbonyl (C=O) groups is 4. The van der Waals surface area contributed by atoms with Crippen molar-refractivity contribution in [2.24, 2.45) is 11.3 Å². The Morgan fingerprint density at radius 1 is 1.14 bits per heavy atom. The first kappa shape index (κ1) is 34.8. The Kier molecular flexibility index (Phi) is 9.46. The number of fused-ring (bicyclic) bond motifs is 8. The Morgan fingerprint density at radius 2 is 1.92 bits per heavy atom. The van der Waals surface area contributed by atoms with Gasteiger partial charge in [-0.2, -0.15) is 0 Å². The Hall–Kier alpha value is -4.08. The van der Waals surface area contributed by atoms with E-state index in [4.69, 9.17) is 4.74 Å². The van der Waals surface area contributed by atoms with E-state index in [1.165, 1.54) is 9.70 Å². The molecule has 2 aliphatic heterocycles. The Labute approximate surface area is 286 Å². The van der Waals surface area contributed by atoms with Crippen LogP contribution in [0.5, 0.6) is 0 Å². The van der Waals surface area contributed by atoms with Crippen LogP contribution in [0.4, 0.5) is 4.79 Å². The molecule has 6 rings (SSSR count). The van der Waals surface area contributed by atoms with Crippen LogP contribution in [0, 0.1) is 11.3 Å². The van der Waals surface area contributed by atoms with Crippen LogP contribution in [0.3, 0.4) is 0 Å². The molecule has 1 saturated heterocycles. The summed E-state index contributed by atoms with van der Waals surface area (Å²) in [4.78, 5) is 57.8. The first-order valence-electron chi connectivity index (χ1n) is 17.2. The number of aromatic nitrogens is 4. The van der Waals surface area contributed by atoms with Gasteiger partial charge in [-0.25, -0.2) is 13.2 Å². The Balaban J connectivity index is 1.31. The monoisotopic (exact) mass is 698 g/mol. The molecular formula is C33H46N8O7S. The second kappa shape index (κ2) is 13.3. The molecule has 2 aliphatic carbocycles. The normalized spacial score (nSPS) is 28.0. The zero-order valence-corrected chi connectivity index (χ0v) is 29.3. The summed E-state index contributed by atoms with van der Waals surface area (Å²) in [6.07, 6.45) is 4.39. The van der Waals surface area contributed by atoms with Crippen LogP contribution in [0.1, 0.15) is 96.4 Å². The van der Waals surface area contributed by atoms with Gasteiger partial charge >= 0.3 is 6.09 Å². The molecule has 3 fully saturated rings. The van der Waals surface area contributed by atoms with Gasteiger partial charge in [-0.05, 0) is 85.6 Å². The zero-order valence-electron chi connectivity index (χ0n) is 28.5. The van der Waals surface area contributed by atoms with E-state index in [-0.39, 0.29) is 31.9 Å². The SMILES string of the molecule is CC[C@@H]1C[C@]1(NC(=O)[C@@H]1C[C@@H]2CN1C(=O)[C@H](C(C)(C)C)NC(=O)OCCCCCc1cccc(c1)-n1nnc2n1)C(=O)NS(=O)(=O)C1CC1. The number of nitrogens with zero attached hydrogens (tertiary/aromatic N) is 5. The van der Waals surface area contributed by atoms with Crippen molar-refractivity contribution in [3.05, 3.63) is 35.7 Å². The highest BCUT2D eigenvalue weighted by molar-refractivity contribution is 7.91. The number of aryl methyl sites for hydroxylation is 1. The summed E-state index contributed by atoms with van der Waals surface area (Å²) < 4.78 is 33.0. The molecule has 0 unspecified atom stereocenters. The lowest BCUT2D eigenvalue weighted by Crippen LogP contribution is -2.60. The number of cyclic esters (lactones) is 1. The summed E-state index contributed by atoms with van der Waals surface area (Å²) in [5.74, 6) is -2.27. The van der Waals surface area contributed by atoms with Gasteiger partial charge in [0.25, 0.3) is 5.91 Å². The van der Waals surface area contributed by atoms with Crippen LogP contribution in [-0.4, -0.2) is 93.4 Å². The van der Waals surface area contributed by atoms with Crippen molar-refractivity contribution in [2.45, 2.75) is 114 Å². The van der Waals surface area contributed by atoms with E-state index in [0.717, 1.165) is 30.5 Å². The van der Waals surface area contributed by atoms with E-state index < -0.39 is 68.0 Å². The van der Waals surface area contributed by atoms with E-state index in [1.807, 2.05) is 52.0 Å². The minimum absolute atomic E-state index is 0.0540. The van der Waals surface area contributed by atoms with Crippen LogP contribution in [0.2, 0.25) is 0 Å². The minimum Gasteiger partial charge on any atom is -0.450 e. The number of hydrogen-bond acceptors (Lipinski definition) is 10. The molecule has 4 amide bonds. The van der Waals surface area contributed by atoms with Crippen molar-refractivity contribution in [2.75, 3.05) is 13.2 Å². The molecule has 2 saturated carbocycles. The van der Waals surface area contributed by atoms with Gasteiger partial charge in [0.15, 0.2) is 5.82 Å². The fourth-order valence-electron chi connectivity index (χ4n) is 6.89. The summed E-state index contributed by atoms with van der Waals surface area (Å²) in [7, 11) is -3.85. The molecule has 6 bridgehead atoms. The second-order valence-corrected chi connectivity index (χ2v) is 16.8. The van der Waals surface area contributed by atoms with Crippen molar-refractivity contribution in [3.63, 3.8) is 0 Å². The van der Waals surface area contributed by atoms with Gasteiger partial charge < -0.3 is 20.3 Å². The van der Waals surface area contributed by atoms with Crippen molar-refractivity contribution < 1.29 is 32.3 Å². The van der Waals surface area contributed by atoms with E-state index in [2.05, 4.69) is 30.8 Å². The van der Waals surface area contributed by atoms with Crippen molar-refractivity contribution in [3.8, 4) is 5.69 Å². The number of rotatable bonds is 6. The third-order valence-electron chi connectivity index (χ3n) is 10.1. The smallest absolute Gasteiger partial charge is 0.407 e. The number of sulfonamides is 1. The number of tetrazole rings is 1. The van der Waals surface area contributed by atoms with Crippen LogP contribution >= 0.6 is 0 Å². The van der Waals surface area contributed by atoms with E-state index in [0.29, 0.717) is 31.5 Å². The summed E-state index contributed by atoms with van der Waals surface area (Å²) in [6, 6.07) is 5.71. The lowest BCUT2D eigenvalue weighted by atomic mass is 9.85. The Bertz CT molecular complexity index is 1720. The number of amides is 4. The first-order chi connectivity index (χ1) is 23.2. The predicted octanol–water partition coefficient (Wildman–Crippen LogP) is 2.11. The fourth-order valence-corrected chi connectivity index (χ4v) is 8.26. The van der Waals surface area contributed by atoms with Crippen molar-refractivity contribution >= 4 is 33.8 Å². The van der Waals surface area contributed by atoms with E-state index >= 15 is 0 Å². The number of benzene rings is 1. The minimum atomic E-state index is -3.85. The average molecular weight is 699 g/mol. The van der Waals surface area contributed by atoms with Crippen molar-refractivity contribution in [1.82, 2.24) is 40.5 Å². The second-order valence-electron chi connectivity index (χ2n) is 14.9. The maximum absolute atomic E-state index is 14.4. The summed E-state index contributed by atoms with van der Waals surface area (Å²) in [5, 5.41) is 18.2. The standard InChI is InChI=1S/C33H46N8O7S/c1-5-22-18-33(22,30(44)38-49(46,47)24-13-14-24)35-28(42)25-17-21-19-40(25)29(43)26(32(2,3)4)34-31(45)48-15-8-6-7-10-20-11-9-12-23(16-20)41-37-27(21)36-39-41/h9,11-12,16,21-22,24-26H,5-8,10,13-15,17-19H2,1-4H3,(H,34,45)(H,35,42)(H,38,44)/t21-,22-,25+,26-,33-/m1/s1. The quantitative estimate of drug-likeness (QED) is 0.402. The highest BCUT2D eigenvalue weighted by Gasteiger charge is 2.62. The molecule has 1 aromatic carbocycles. The molecule has 49 heavy (non-hydrogen) atoms. The van der Waals surface area contributed by atoms with E-state index in [1.54, 1.807) is 0 Å². The molecule has 0 spiro atoms. The molecule has 3 heterocycles. The lowest BCUT2D eigenvalue weighted by Gasteiger charge is -2.35. The largest absolute Gasteiger partial charge is 0.450 e. The van der Waals surface area contributed by atoms with Crippen LogP contribution in [0.25, 0.3) is 5.69 Å². The molecule has 266 valence electrons. The van der Waals surface area contributed by atoms with Gasteiger partial charge in [0, 0.05) is 12.5 Å². The number of nitrogens with one attached hydrogen (secondary N) is 3. The molecular weight excluding hydrogens is 652 g/mol. The van der Waals surface area contributed by atoms with Crippen LogP contribution < -0.4 is 15.4 Å². The van der Waals surface area contributed by atoms with Gasteiger partial charge in [-0.1, -0.05) is 46.2 Å². The predicted molar refractivity (Wildman–Crippen MR) is 177 cm³/mol. The average Bonchev–Trinajstić information content (AvgIpc) is 3.92. The van der Waals surface area contributed by atoms with Gasteiger partial charge in [-0.15, -0.1) is 15.0 Å². The molecule has 16 heteroatoms. The van der Waals surface area contributed by atoms with Gasteiger partial charge in [-0.3, -0.25) is 19.1 Å². The fraction of sp³-hybridized carbons (Fsp3) is 0.667. The third kappa shape index (κ3) is 7.43. The van der Waals surface area contributed by atoms with E-state index in [9.17, 15) is 27.6 Å². The van der Waals surface area contributed by atoms with Gasteiger partial charge in [0.05, 0.1) is 17.5 Å². The molecule has 3 N–H and O–H groups in total. The zero-order chi connectivity index (χ0) is 35.1. The molecule has 5 atom stereocenters. The number of alkyl carbamates (subject to hydrolysis) is 1. The van der Waals surface area contributed by atoms with Crippen LogP contribution in [0.15, 0.2) is 24.3 Å². The highest BCUT2D eigenvalue weighted by atomic mass is 32.2. The lowest BCUT2D eigenvalue weighted by molar-refractivity contribution is -0.142. The van der Waals surface area contributed by atoms with Gasteiger partial charge in [0.2, 0.25) is 21.8 Å². The van der Waals surface area contributed by atoms with Crippen LogP contribution in [-0.2, 0) is 35.6 Å². The third-order valence-corrected chi connectivity index (χ3v) is 11.9. The molecule has 4 aliphatic rings. The number of carbonyl (C=O) groups excluding carboxylic acids is 4. The summed E-state index contributed by atoms with van der Waals surface area (Å²) >= 11 is 0. The maximum atomic E-state index is 14.4.